The zero-order valence-electron chi connectivity index (χ0n) is 12.4. The van der Waals surface area contributed by atoms with Gasteiger partial charge in [-0.25, -0.2) is 0 Å². The maximum absolute atomic E-state index is 11.8. The van der Waals surface area contributed by atoms with Crippen LogP contribution in [0, 0.1) is 0 Å². The third kappa shape index (κ3) is 7.40. The quantitative estimate of drug-likeness (QED) is 0.645. The van der Waals surface area contributed by atoms with E-state index in [0.717, 1.165) is 26.2 Å². The van der Waals surface area contributed by atoms with Gasteiger partial charge in [0, 0.05) is 45.4 Å². The second-order valence-corrected chi connectivity index (χ2v) is 5.54. The van der Waals surface area contributed by atoms with Crippen molar-refractivity contribution in [1.82, 2.24) is 9.80 Å². The van der Waals surface area contributed by atoms with E-state index in [4.69, 9.17) is 4.74 Å². The average molecular weight is 270 g/mol. The Hall–Kier alpha value is -0.780. The standard InChI is InChI=1S/C14H26N2O3/c1-12(17)4-7-16-8-9-19-14(11-16)10-13(18)5-6-15(2)3/h14H,4-11H2,1-3H3. The lowest BCUT2D eigenvalue weighted by Gasteiger charge is -2.32. The first-order chi connectivity index (χ1) is 8.97. The molecular formula is C14H26N2O3. The Morgan fingerprint density at radius 1 is 1.32 bits per heavy atom. The number of nitrogens with zero attached hydrogens (tertiary/aromatic N) is 2. The summed E-state index contributed by atoms with van der Waals surface area (Å²) in [5, 5.41) is 0. The van der Waals surface area contributed by atoms with Crippen LogP contribution in [-0.4, -0.2) is 74.4 Å². The highest BCUT2D eigenvalue weighted by atomic mass is 16.5. The first-order valence-electron chi connectivity index (χ1n) is 6.97. The Balaban J connectivity index is 2.26. The predicted molar refractivity (Wildman–Crippen MR) is 74.3 cm³/mol. The van der Waals surface area contributed by atoms with E-state index in [-0.39, 0.29) is 17.7 Å². The number of Topliss-reactive ketones (excluding diaryl/α,β-unsaturated/α-hetero) is 2. The first kappa shape index (κ1) is 16.3. The molecular weight excluding hydrogens is 244 g/mol. The topological polar surface area (TPSA) is 49.9 Å². The summed E-state index contributed by atoms with van der Waals surface area (Å²) in [5.74, 6) is 0.470. The van der Waals surface area contributed by atoms with Gasteiger partial charge in [-0.3, -0.25) is 14.5 Å². The summed E-state index contributed by atoms with van der Waals surface area (Å²) in [5.41, 5.74) is 0. The molecule has 0 aromatic carbocycles. The average Bonchev–Trinajstić information content (AvgIpc) is 2.34. The molecule has 0 N–H and O–H groups in total. The molecule has 1 heterocycles. The number of carbonyl (C=O) groups excluding carboxylic acids is 2. The molecule has 110 valence electrons. The Morgan fingerprint density at radius 2 is 2.05 bits per heavy atom. The number of ether oxygens (including phenoxy) is 1. The van der Waals surface area contributed by atoms with Crippen molar-refractivity contribution in [3.8, 4) is 0 Å². The summed E-state index contributed by atoms with van der Waals surface area (Å²) in [4.78, 5) is 27.0. The number of hydrogen-bond donors (Lipinski definition) is 0. The third-order valence-corrected chi connectivity index (χ3v) is 3.30. The van der Waals surface area contributed by atoms with Gasteiger partial charge in [0.1, 0.15) is 11.6 Å². The summed E-state index contributed by atoms with van der Waals surface area (Å²) in [6, 6.07) is 0. The zero-order valence-corrected chi connectivity index (χ0v) is 12.4. The summed E-state index contributed by atoms with van der Waals surface area (Å²) in [6.45, 7) is 5.46. The van der Waals surface area contributed by atoms with Crippen molar-refractivity contribution in [3.63, 3.8) is 0 Å². The molecule has 1 aliphatic rings. The minimum absolute atomic E-state index is 0.00429. The van der Waals surface area contributed by atoms with Gasteiger partial charge >= 0.3 is 0 Å². The third-order valence-electron chi connectivity index (χ3n) is 3.30. The van der Waals surface area contributed by atoms with Crippen LogP contribution in [0.25, 0.3) is 0 Å². The molecule has 1 fully saturated rings. The van der Waals surface area contributed by atoms with E-state index in [9.17, 15) is 9.59 Å². The maximum atomic E-state index is 11.8. The van der Waals surface area contributed by atoms with Gasteiger partial charge < -0.3 is 9.64 Å². The Kier molecular flexibility index (Phi) is 7.20. The summed E-state index contributed by atoms with van der Waals surface area (Å²) >= 11 is 0. The van der Waals surface area contributed by atoms with Crippen LogP contribution in [0.15, 0.2) is 0 Å². The van der Waals surface area contributed by atoms with Gasteiger partial charge in [-0.1, -0.05) is 0 Å². The molecule has 0 aliphatic carbocycles. The Bertz CT molecular complexity index is 305. The van der Waals surface area contributed by atoms with Gasteiger partial charge in [-0.15, -0.1) is 0 Å². The van der Waals surface area contributed by atoms with Crippen molar-refractivity contribution >= 4 is 11.6 Å². The fourth-order valence-corrected chi connectivity index (χ4v) is 2.13. The molecule has 0 radical (unpaired) electrons. The number of carbonyl (C=O) groups is 2. The van der Waals surface area contributed by atoms with E-state index >= 15 is 0 Å². The van der Waals surface area contributed by atoms with Crippen molar-refractivity contribution in [3.05, 3.63) is 0 Å². The lowest BCUT2D eigenvalue weighted by atomic mass is 10.1. The Labute approximate surface area is 115 Å². The van der Waals surface area contributed by atoms with E-state index < -0.39 is 0 Å². The van der Waals surface area contributed by atoms with Crippen molar-refractivity contribution in [2.24, 2.45) is 0 Å². The van der Waals surface area contributed by atoms with Crippen LogP contribution in [-0.2, 0) is 14.3 Å². The molecule has 1 saturated heterocycles. The van der Waals surface area contributed by atoms with Crippen molar-refractivity contribution in [2.75, 3.05) is 46.9 Å². The van der Waals surface area contributed by atoms with E-state index in [0.29, 0.717) is 25.9 Å². The van der Waals surface area contributed by atoms with Gasteiger partial charge in [0.15, 0.2) is 0 Å². The molecule has 1 unspecified atom stereocenters. The maximum Gasteiger partial charge on any atom is 0.136 e. The van der Waals surface area contributed by atoms with Gasteiger partial charge in [0.25, 0.3) is 0 Å². The van der Waals surface area contributed by atoms with Crippen molar-refractivity contribution < 1.29 is 14.3 Å². The van der Waals surface area contributed by atoms with Crippen LogP contribution in [0.2, 0.25) is 0 Å². The van der Waals surface area contributed by atoms with Crippen LogP contribution >= 0.6 is 0 Å². The highest BCUT2D eigenvalue weighted by Gasteiger charge is 2.22. The van der Waals surface area contributed by atoms with E-state index in [2.05, 4.69) is 4.90 Å². The van der Waals surface area contributed by atoms with Gasteiger partial charge in [0.05, 0.1) is 12.7 Å². The summed E-state index contributed by atoms with van der Waals surface area (Å²) in [6.07, 6.45) is 1.65. The number of ketones is 2. The molecule has 1 aliphatic heterocycles. The lowest BCUT2D eigenvalue weighted by Crippen LogP contribution is -2.44. The minimum atomic E-state index is -0.00429. The predicted octanol–water partition coefficient (Wildman–Crippen LogP) is 0.577. The lowest BCUT2D eigenvalue weighted by molar-refractivity contribution is -0.125. The molecule has 0 spiro atoms. The zero-order chi connectivity index (χ0) is 14.3. The number of hydrogen-bond acceptors (Lipinski definition) is 5. The van der Waals surface area contributed by atoms with Crippen molar-refractivity contribution in [1.29, 1.82) is 0 Å². The van der Waals surface area contributed by atoms with Crippen LogP contribution in [0.4, 0.5) is 0 Å². The molecule has 5 heteroatoms. The first-order valence-corrected chi connectivity index (χ1v) is 6.97. The fraction of sp³-hybridized carbons (Fsp3) is 0.857. The van der Waals surface area contributed by atoms with Gasteiger partial charge in [-0.05, 0) is 21.0 Å². The van der Waals surface area contributed by atoms with Gasteiger partial charge in [0.2, 0.25) is 0 Å². The second-order valence-electron chi connectivity index (χ2n) is 5.54. The molecule has 0 aromatic heterocycles. The second kappa shape index (κ2) is 8.40. The van der Waals surface area contributed by atoms with E-state index in [1.807, 2.05) is 19.0 Å². The van der Waals surface area contributed by atoms with Crippen LogP contribution in [0.1, 0.15) is 26.2 Å². The number of morpholine rings is 1. The molecule has 0 saturated carbocycles. The summed E-state index contributed by atoms with van der Waals surface area (Å²) < 4.78 is 5.63. The van der Waals surface area contributed by atoms with Crippen LogP contribution in [0.5, 0.6) is 0 Å². The molecule has 0 amide bonds. The monoisotopic (exact) mass is 270 g/mol. The minimum Gasteiger partial charge on any atom is -0.375 e. The van der Waals surface area contributed by atoms with Gasteiger partial charge in [-0.2, -0.15) is 0 Å². The van der Waals surface area contributed by atoms with E-state index in [1.54, 1.807) is 6.92 Å². The normalized spacial score (nSPS) is 20.7. The molecule has 0 aromatic rings. The molecule has 5 nitrogen and oxygen atoms in total. The highest BCUT2D eigenvalue weighted by Crippen LogP contribution is 2.10. The van der Waals surface area contributed by atoms with Crippen LogP contribution < -0.4 is 0 Å². The van der Waals surface area contributed by atoms with Crippen LogP contribution in [0.3, 0.4) is 0 Å². The fourth-order valence-electron chi connectivity index (χ4n) is 2.13. The molecule has 1 atom stereocenters. The summed E-state index contributed by atoms with van der Waals surface area (Å²) in [7, 11) is 3.93. The smallest absolute Gasteiger partial charge is 0.136 e. The molecule has 1 rings (SSSR count). The SMILES string of the molecule is CC(=O)CCN1CCOC(CC(=O)CCN(C)C)C1. The van der Waals surface area contributed by atoms with E-state index in [1.165, 1.54) is 0 Å². The molecule has 19 heavy (non-hydrogen) atoms. The van der Waals surface area contributed by atoms with Crippen molar-refractivity contribution in [2.45, 2.75) is 32.3 Å². The highest BCUT2D eigenvalue weighted by molar-refractivity contribution is 5.79. The molecule has 0 bridgehead atoms. The number of rotatable bonds is 8. The largest absolute Gasteiger partial charge is 0.375 e. The Morgan fingerprint density at radius 3 is 2.68 bits per heavy atom.